The molecule has 9 nitrogen and oxygen atoms in total. The van der Waals surface area contributed by atoms with Crippen molar-refractivity contribution in [2.75, 3.05) is 7.11 Å². The minimum Gasteiger partial charge on any atom is -0.493 e. The van der Waals surface area contributed by atoms with Gasteiger partial charge >= 0.3 is 0 Å². The van der Waals surface area contributed by atoms with Gasteiger partial charge in [0.25, 0.3) is 11.2 Å². The van der Waals surface area contributed by atoms with E-state index in [1.54, 1.807) is 30.3 Å². The van der Waals surface area contributed by atoms with Crippen molar-refractivity contribution in [1.82, 2.24) is 9.66 Å². The van der Waals surface area contributed by atoms with Crippen molar-refractivity contribution in [3.8, 4) is 11.5 Å². The van der Waals surface area contributed by atoms with E-state index < -0.39 is 4.92 Å². The van der Waals surface area contributed by atoms with Crippen molar-refractivity contribution in [3.05, 3.63) is 99.9 Å². The summed E-state index contributed by atoms with van der Waals surface area (Å²) in [5, 5.41) is 16.1. The van der Waals surface area contributed by atoms with Gasteiger partial charge in [-0.25, -0.2) is 4.98 Å². The highest BCUT2D eigenvalue weighted by molar-refractivity contribution is 9.10. The van der Waals surface area contributed by atoms with Gasteiger partial charge in [0.2, 0.25) is 0 Å². The molecular formula is C27H23Br2ClN4O5. The second-order valence-corrected chi connectivity index (χ2v) is 10.7. The number of ether oxygens (including phenoxy) is 2. The molecule has 0 amide bonds. The Kier molecular flexibility index (Phi) is 9.04. The monoisotopic (exact) mass is 676 g/mol. The first kappa shape index (κ1) is 28.7. The maximum absolute atomic E-state index is 13.4. The van der Waals surface area contributed by atoms with Gasteiger partial charge in [0.1, 0.15) is 17.5 Å². The van der Waals surface area contributed by atoms with E-state index in [1.165, 1.54) is 30.1 Å². The summed E-state index contributed by atoms with van der Waals surface area (Å²) in [6.07, 6.45) is 2.28. The van der Waals surface area contributed by atoms with E-state index in [4.69, 9.17) is 26.1 Å². The van der Waals surface area contributed by atoms with Crippen LogP contribution in [0.1, 0.15) is 43.1 Å². The molecular weight excluding hydrogens is 656 g/mol. The summed E-state index contributed by atoms with van der Waals surface area (Å²) < 4.78 is 14.0. The van der Waals surface area contributed by atoms with E-state index in [0.29, 0.717) is 38.1 Å². The highest BCUT2D eigenvalue weighted by Crippen LogP contribution is 2.42. The van der Waals surface area contributed by atoms with E-state index >= 15 is 0 Å². The van der Waals surface area contributed by atoms with Crippen molar-refractivity contribution in [2.45, 2.75) is 32.8 Å². The Morgan fingerprint density at radius 2 is 1.92 bits per heavy atom. The van der Waals surface area contributed by atoms with Gasteiger partial charge in [0.15, 0.2) is 11.5 Å². The Morgan fingerprint density at radius 1 is 1.21 bits per heavy atom. The smallest absolute Gasteiger partial charge is 0.282 e. The van der Waals surface area contributed by atoms with Crippen molar-refractivity contribution in [1.29, 1.82) is 0 Å². The summed E-state index contributed by atoms with van der Waals surface area (Å²) >= 11 is 13.6. The number of non-ortho nitro benzene ring substituents is 1. The summed E-state index contributed by atoms with van der Waals surface area (Å²) in [7, 11) is 1.48. The van der Waals surface area contributed by atoms with Crippen molar-refractivity contribution < 1.29 is 14.4 Å². The van der Waals surface area contributed by atoms with Crippen LogP contribution >= 0.6 is 43.5 Å². The van der Waals surface area contributed by atoms with E-state index in [1.807, 2.05) is 19.9 Å². The molecule has 0 saturated carbocycles. The number of benzene rings is 3. The normalized spacial score (nSPS) is 12.2. The summed E-state index contributed by atoms with van der Waals surface area (Å²) in [5.41, 5.74) is 1.57. The Bertz CT molecular complexity index is 1640. The molecule has 0 fully saturated rings. The molecule has 12 heteroatoms. The molecule has 39 heavy (non-hydrogen) atoms. The minimum absolute atomic E-state index is 0.00871. The van der Waals surface area contributed by atoms with Crippen molar-refractivity contribution in [2.24, 2.45) is 5.10 Å². The second-order valence-electron chi connectivity index (χ2n) is 8.64. The van der Waals surface area contributed by atoms with Gasteiger partial charge in [-0.15, -0.1) is 0 Å². The predicted molar refractivity (Wildman–Crippen MR) is 159 cm³/mol. The van der Waals surface area contributed by atoms with E-state index in [2.05, 4.69) is 37.0 Å². The molecule has 4 aromatic rings. The number of nitro benzene ring substituents is 1. The molecule has 4 rings (SSSR count). The lowest BCUT2D eigenvalue weighted by atomic mass is 10.1. The van der Waals surface area contributed by atoms with Crippen LogP contribution in [-0.4, -0.2) is 27.9 Å². The molecule has 0 unspecified atom stereocenters. The summed E-state index contributed by atoms with van der Waals surface area (Å²) in [6, 6.07) is 13.1. The summed E-state index contributed by atoms with van der Waals surface area (Å²) in [4.78, 5) is 28.6. The molecule has 1 heterocycles. The summed E-state index contributed by atoms with van der Waals surface area (Å²) in [5.74, 6) is 1.17. The summed E-state index contributed by atoms with van der Waals surface area (Å²) in [6.45, 7) is 4.12. The average Bonchev–Trinajstić information content (AvgIpc) is 2.93. The first-order valence-electron chi connectivity index (χ1n) is 11.8. The van der Waals surface area contributed by atoms with Crippen LogP contribution in [0.25, 0.3) is 10.9 Å². The second kappa shape index (κ2) is 12.3. The number of nitrogens with zero attached hydrogens (tertiary/aromatic N) is 4. The van der Waals surface area contributed by atoms with Crippen LogP contribution in [0, 0.1) is 10.1 Å². The zero-order chi connectivity index (χ0) is 28.3. The fourth-order valence-corrected chi connectivity index (χ4v) is 4.77. The quantitative estimate of drug-likeness (QED) is 0.103. The Hall–Kier alpha value is -3.28. The molecule has 0 N–H and O–H groups in total. The van der Waals surface area contributed by atoms with Crippen LogP contribution in [0.3, 0.4) is 0 Å². The minimum atomic E-state index is -0.463. The van der Waals surface area contributed by atoms with E-state index in [0.717, 1.165) is 10.9 Å². The number of halogens is 3. The van der Waals surface area contributed by atoms with Crippen LogP contribution in [0.4, 0.5) is 5.69 Å². The SMILES string of the molecule is CC[C@@H](C)c1nc2ccc(Br)cc2c(=O)n1N=Cc1cc(OC)c(OCc2ccc([N+](=O)[O-])cc2)c(Cl)c1Br. The van der Waals surface area contributed by atoms with Crippen LogP contribution in [0.15, 0.2) is 67.4 Å². The van der Waals surface area contributed by atoms with Gasteiger partial charge in [0, 0.05) is 32.6 Å². The Labute approximate surface area is 245 Å². The number of aromatic nitrogens is 2. The molecule has 202 valence electrons. The number of methoxy groups -OCH3 is 1. The third kappa shape index (κ3) is 6.15. The lowest BCUT2D eigenvalue weighted by Gasteiger charge is -2.16. The Balaban J connectivity index is 1.70. The van der Waals surface area contributed by atoms with Crippen LogP contribution in [0.5, 0.6) is 11.5 Å². The number of hydrogen-bond donors (Lipinski definition) is 0. The largest absolute Gasteiger partial charge is 0.493 e. The highest BCUT2D eigenvalue weighted by atomic mass is 79.9. The topological polar surface area (TPSA) is 109 Å². The number of rotatable bonds is 9. The van der Waals surface area contributed by atoms with E-state index in [-0.39, 0.29) is 34.5 Å². The van der Waals surface area contributed by atoms with Crippen molar-refractivity contribution >= 4 is 66.3 Å². The molecule has 1 aromatic heterocycles. The first-order valence-corrected chi connectivity index (χ1v) is 13.8. The predicted octanol–water partition coefficient (Wildman–Crippen LogP) is 7.47. The lowest BCUT2D eigenvalue weighted by molar-refractivity contribution is -0.384. The molecule has 0 radical (unpaired) electrons. The van der Waals surface area contributed by atoms with Crippen LogP contribution in [0.2, 0.25) is 5.02 Å². The molecule has 1 atom stereocenters. The molecule has 0 spiro atoms. The number of nitro groups is 1. The molecule has 0 aliphatic heterocycles. The third-order valence-corrected chi connectivity index (χ3v) is 8.04. The average molecular weight is 679 g/mol. The zero-order valence-corrected chi connectivity index (χ0v) is 25.1. The highest BCUT2D eigenvalue weighted by Gasteiger charge is 2.19. The maximum Gasteiger partial charge on any atom is 0.282 e. The first-order chi connectivity index (χ1) is 18.6. The van der Waals surface area contributed by atoms with Gasteiger partial charge in [-0.05, 0) is 64.3 Å². The standard InChI is InChI=1S/C27H23Br2ClN4O5/c1-4-15(2)26-32-21-10-7-18(28)12-20(21)27(35)33(26)31-13-17-11-22(38-3)25(24(30)23(17)29)39-14-16-5-8-19(9-6-16)34(36)37/h5-13,15H,4,14H2,1-3H3/t15-/m1/s1. The van der Waals surface area contributed by atoms with Gasteiger partial charge in [-0.1, -0.05) is 41.4 Å². The van der Waals surface area contributed by atoms with Gasteiger partial charge < -0.3 is 9.47 Å². The molecule has 3 aromatic carbocycles. The van der Waals surface area contributed by atoms with Gasteiger partial charge in [-0.2, -0.15) is 9.78 Å². The maximum atomic E-state index is 13.4. The lowest BCUT2D eigenvalue weighted by Crippen LogP contribution is -2.23. The molecule has 0 saturated heterocycles. The fourth-order valence-electron chi connectivity index (χ4n) is 3.75. The van der Waals surface area contributed by atoms with Crippen LogP contribution < -0.4 is 15.0 Å². The third-order valence-electron chi connectivity index (χ3n) is 6.10. The van der Waals surface area contributed by atoms with Crippen LogP contribution in [-0.2, 0) is 6.61 Å². The van der Waals surface area contributed by atoms with Gasteiger partial charge in [-0.3, -0.25) is 14.9 Å². The molecule has 0 aliphatic carbocycles. The Morgan fingerprint density at radius 3 is 2.56 bits per heavy atom. The fraction of sp³-hybridized carbons (Fsp3) is 0.222. The molecule has 0 aliphatic rings. The zero-order valence-electron chi connectivity index (χ0n) is 21.2. The number of fused-ring (bicyclic) bond motifs is 1. The molecule has 0 bridgehead atoms. The number of hydrogen-bond acceptors (Lipinski definition) is 7. The van der Waals surface area contributed by atoms with Gasteiger partial charge in [0.05, 0.1) is 29.2 Å². The van der Waals surface area contributed by atoms with E-state index in [9.17, 15) is 14.9 Å². The van der Waals surface area contributed by atoms with Crippen molar-refractivity contribution in [3.63, 3.8) is 0 Å².